The van der Waals surface area contributed by atoms with Crippen molar-refractivity contribution in [3.05, 3.63) is 97.3 Å². The number of fused-ring (bicyclic) bond motifs is 2. The summed E-state index contributed by atoms with van der Waals surface area (Å²) in [6, 6.07) is 27.2. The molecule has 2 heterocycles. The van der Waals surface area contributed by atoms with Crippen molar-refractivity contribution in [1.29, 1.82) is 0 Å². The lowest BCUT2D eigenvalue weighted by Gasteiger charge is -2.14. The van der Waals surface area contributed by atoms with Gasteiger partial charge in [0.1, 0.15) is 49.0 Å². The van der Waals surface area contributed by atoms with Gasteiger partial charge in [-0.2, -0.15) is 0 Å². The highest BCUT2D eigenvalue weighted by molar-refractivity contribution is 5.84. The molecule has 0 fully saturated rings. The number of pyridine rings is 2. The lowest BCUT2D eigenvalue weighted by molar-refractivity contribution is 0.193. The first kappa shape index (κ1) is 21.5. The van der Waals surface area contributed by atoms with Gasteiger partial charge in [0.05, 0.1) is 0 Å². The van der Waals surface area contributed by atoms with E-state index >= 15 is 0 Å². The molecular weight excluding hydrogens is 428 g/mol. The van der Waals surface area contributed by atoms with Crippen LogP contribution in [-0.4, -0.2) is 36.4 Å². The highest BCUT2D eigenvalue weighted by Gasteiger charge is 2.07. The van der Waals surface area contributed by atoms with Crippen molar-refractivity contribution in [3.63, 3.8) is 0 Å². The second-order valence-electron chi connectivity index (χ2n) is 7.50. The number of hydrogen-bond acceptors (Lipinski definition) is 6. The van der Waals surface area contributed by atoms with Gasteiger partial charge >= 0.3 is 0 Å². The van der Waals surface area contributed by atoms with Gasteiger partial charge in [0.25, 0.3) is 0 Å². The number of aromatic nitrogens is 2. The van der Waals surface area contributed by atoms with Crippen LogP contribution in [0.2, 0.25) is 0 Å². The number of rotatable bonds is 10. The molecular formula is C28H24N2O4. The standard InChI is InChI=1S/C28H24N2O4/c1-2-12-24(32-18-20-34-26-14-4-8-22-10-6-16-30-28(22)26)23(11-1)31-17-19-33-25-13-3-7-21-9-5-15-29-27(21)25/h1-16H,17-20H2. The molecule has 6 nitrogen and oxygen atoms in total. The minimum absolute atomic E-state index is 0.377. The Labute approximate surface area is 197 Å². The molecule has 0 spiro atoms. The van der Waals surface area contributed by atoms with Gasteiger partial charge in [-0.25, -0.2) is 0 Å². The quantitative estimate of drug-likeness (QED) is 0.253. The van der Waals surface area contributed by atoms with E-state index in [1.165, 1.54) is 0 Å². The summed E-state index contributed by atoms with van der Waals surface area (Å²) in [7, 11) is 0. The Morgan fingerprint density at radius 2 is 0.794 bits per heavy atom. The molecule has 0 aliphatic carbocycles. The summed E-state index contributed by atoms with van der Waals surface area (Å²) >= 11 is 0. The molecule has 0 amide bonds. The van der Waals surface area contributed by atoms with Crippen LogP contribution in [0.4, 0.5) is 0 Å². The minimum Gasteiger partial charge on any atom is -0.488 e. The summed E-state index contributed by atoms with van der Waals surface area (Å²) in [6.07, 6.45) is 3.53. The molecule has 0 N–H and O–H groups in total. The zero-order valence-electron chi connectivity index (χ0n) is 18.6. The van der Waals surface area contributed by atoms with E-state index in [0.29, 0.717) is 37.9 Å². The van der Waals surface area contributed by atoms with Gasteiger partial charge in [0, 0.05) is 23.2 Å². The molecule has 170 valence electrons. The third kappa shape index (κ3) is 5.02. The Balaban J connectivity index is 1.12. The summed E-state index contributed by atoms with van der Waals surface area (Å²) in [5, 5.41) is 2.09. The van der Waals surface area contributed by atoms with Crippen molar-refractivity contribution in [2.45, 2.75) is 0 Å². The Hall–Kier alpha value is -4.32. The zero-order valence-corrected chi connectivity index (χ0v) is 18.6. The number of para-hydroxylation sites is 4. The van der Waals surface area contributed by atoms with Crippen LogP contribution < -0.4 is 18.9 Å². The topological polar surface area (TPSA) is 62.7 Å². The molecule has 0 radical (unpaired) electrons. The van der Waals surface area contributed by atoms with Crippen molar-refractivity contribution in [2.24, 2.45) is 0 Å². The Morgan fingerprint density at radius 1 is 0.412 bits per heavy atom. The molecule has 5 aromatic rings. The van der Waals surface area contributed by atoms with Crippen LogP contribution in [-0.2, 0) is 0 Å². The maximum atomic E-state index is 5.92. The number of ether oxygens (including phenoxy) is 4. The SMILES string of the molecule is c1ccc(OCCOc2cccc3cccnc23)c(OCCOc2cccc3cccnc23)c1. The maximum Gasteiger partial charge on any atom is 0.161 e. The molecule has 3 aromatic carbocycles. The second kappa shape index (κ2) is 10.5. The third-order valence-electron chi connectivity index (χ3n) is 5.24. The smallest absolute Gasteiger partial charge is 0.161 e. The van der Waals surface area contributed by atoms with Crippen LogP contribution in [0.3, 0.4) is 0 Å². The Kier molecular flexibility index (Phi) is 6.67. The van der Waals surface area contributed by atoms with E-state index in [1.807, 2.05) is 84.9 Å². The fraction of sp³-hybridized carbons (Fsp3) is 0.143. The first-order chi connectivity index (χ1) is 16.9. The highest BCUT2D eigenvalue weighted by atomic mass is 16.6. The third-order valence-corrected chi connectivity index (χ3v) is 5.24. The van der Waals surface area contributed by atoms with E-state index in [-0.39, 0.29) is 0 Å². The molecule has 0 bridgehead atoms. The van der Waals surface area contributed by atoms with Crippen LogP contribution in [0.15, 0.2) is 97.3 Å². The minimum atomic E-state index is 0.377. The van der Waals surface area contributed by atoms with Crippen molar-refractivity contribution in [2.75, 3.05) is 26.4 Å². The van der Waals surface area contributed by atoms with Gasteiger partial charge in [0.15, 0.2) is 11.5 Å². The van der Waals surface area contributed by atoms with E-state index in [9.17, 15) is 0 Å². The summed E-state index contributed by atoms with van der Waals surface area (Å²) < 4.78 is 23.7. The highest BCUT2D eigenvalue weighted by Crippen LogP contribution is 2.27. The monoisotopic (exact) mass is 452 g/mol. The van der Waals surface area contributed by atoms with Crippen LogP contribution in [0.25, 0.3) is 21.8 Å². The molecule has 0 atom stereocenters. The first-order valence-corrected chi connectivity index (χ1v) is 11.2. The molecule has 6 heteroatoms. The van der Waals surface area contributed by atoms with E-state index in [1.54, 1.807) is 12.4 Å². The van der Waals surface area contributed by atoms with Crippen LogP contribution >= 0.6 is 0 Å². The van der Waals surface area contributed by atoms with E-state index in [0.717, 1.165) is 33.3 Å². The Bertz CT molecular complexity index is 1270. The molecule has 0 saturated carbocycles. The lowest BCUT2D eigenvalue weighted by atomic mass is 10.2. The van der Waals surface area contributed by atoms with E-state index in [2.05, 4.69) is 9.97 Å². The molecule has 0 unspecified atom stereocenters. The van der Waals surface area contributed by atoms with Gasteiger partial charge < -0.3 is 18.9 Å². The molecule has 2 aromatic heterocycles. The first-order valence-electron chi connectivity index (χ1n) is 11.2. The van der Waals surface area contributed by atoms with Gasteiger partial charge in [0.2, 0.25) is 0 Å². The molecule has 0 aliphatic heterocycles. The molecule has 34 heavy (non-hydrogen) atoms. The lowest BCUT2D eigenvalue weighted by Crippen LogP contribution is -2.12. The molecule has 0 saturated heterocycles. The largest absolute Gasteiger partial charge is 0.488 e. The summed E-state index contributed by atoms with van der Waals surface area (Å²) in [5.41, 5.74) is 1.69. The van der Waals surface area contributed by atoms with E-state index in [4.69, 9.17) is 18.9 Å². The van der Waals surface area contributed by atoms with Crippen LogP contribution in [0, 0.1) is 0 Å². The van der Waals surface area contributed by atoms with Gasteiger partial charge in [-0.1, -0.05) is 48.5 Å². The van der Waals surface area contributed by atoms with E-state index < -0.39 is 0 Å². The molecule has 0 aliphatic rings. The fourth-order valence-corrected chi connectivity index (χ4v) is 3.68. The predicted octanol–water partition coefficient (Wildman–Crippen LogP) is 5.70. The zero-order chi connectivity index (χ0) is 23.0. The summed E-state index contributed by atoms with van der Waals surface area (Å²) in [5.74, 6) is 2.81. The predicted molar refractivity (Wildman–Crippen MR) is 132 cm³/mol. The number of benzene rings is 3. The average Bonchev–Trinajstić information content (AvgIpc) is 2.90. The molecule has 5 rings (SSSR count). The summed E-state index contributed by atoms with van der Waals surface area (Å²) in [4.78, 5) is 8.82. The van der Waals surface area contributed by atoms with Crippen molar-refractivity contribution in [3.8, 4) is 23.0 Å². The van der Waals surface area contributed by atoms with Gasteiger partial charge in [-0.05, 0) is 36.4 Å². The average molecular weight is 453 g/mol. The Morgan fingerprint density at radius 3 is 1.26 bits per heavy atom. The van der Waals surface area contributed by atoms with Crippen molar-refractivity contribution < 1.29 is 18.9 Å². The fourth-order valence-electron chi connectivity index (χ4n) is 3.68. The second-order valence-corrected chi connectivity index (χ2v) is 7.50. The maximum absolute atomic E-state index is 5.92. The normalized spacial score (nSPS) is 10.8. The van der Waals surface area contributed by atoms with Crippen LogP contribution in [0.5, 0.6) is 23.0 Å². The summed E-state index contributed by atoms with van der Waals surface area (Å²) in [6.45, 7) is 1.53. The van der Waals surface area contributed by atoms with Gasteiger partial charge in [-0.15, -0.1) is 0 Å². The van der Waals surface area contributed by atoms with Crippen molar-refractivity contribution >= 4 is 21.8 Å². The van der Waals surface area contributed by atoms with Crippen LogP contribution in [0.1, 0.15) is 0 Å². The van der Waals surface area contributed by atoms with Gasteiger partial charge in [-0.3, -0.25) is 9.97 Å². The van der Waals surface area contributed by atoms with Crippen molar-refractivity contribution in [1.82, 2.24) is 9.97 Å². The number of hydrogen-bond donors (Lipinski definition) is 0. The number of nitrogens with zero attached hydrogens (tertiary/aromatic N) is 2.